The third-order valence-corrected chi connectivity index (χ3v) is 2.33. The maximum atomic E-state index is 11.0. The van der Waals surface area contributed by atoms with Gasteiger partial charge in [-0.05, 0) is 12.1 Å². The molecule has 0 saturated carbocycles. The van der Waals surface area contributed by atoms with Crippen LogP contribution in [0.4, 0.5) is 0 Å². The number of amides is 1. The van der Waals surface area contributed by atoms with Gasteiger partial charge < -0.3 is 9.47 Å². The largest absolute Gasteiger partial charge is 0.497 e. The van der Waals surface area contributed by atoms with Crippen LogP contribution in [0.2, 0.25) is 0 Å². The van der Waals surface area contributed by atoms with Crippen LogP contribution in [-0.2, 0) is 4.79 Å². The third-order valence-electron chi connectivity index (χ3n) is 2.33. The fraction of sp³-hybridized carbons (Fsp3) is 0.273. The molecule has 0 spiro atoms. The van der Waals surface area contributed by atoms with Crippen molar-refractivity contribution in [2.24, 2.45) is 4.99 Å². The van der Waals surface area contributed by atoms with E-state index in [0.29, 0.717) is 17.3 Å². The molecule has 0 radical (unpaired) electrons. The average Bonchev–Trinajstić information content (AvgIpc) is 2.39. The van der Waals surface area contributed by atoms with Gasteiger partial charge in [-0.1, -0.05) is 0 Å². The summed E-state index contributed by atoms with van der Waals surface area (Å²) in [7, 11) is 3.16. The summed E-state index contributed by atoms with van der Waals surface area (Å²) < 4.78 is 10.3. The molecule has 0 unspecified atom stereocenters. The summed E-state index contributed by atoms with van der Waals surface area (Å²) in [6.07, 6.45) is 0. The first-order valence-corrected chi connectivity index (χ1v) is 5.05. The maximum absolute atomic E-state index is 11.0. The Kier molecular flexibility index (Phi) is 3.13. The Labute approximate surface area is 98.6 Å². The topological polar surface area (TPSA) is 72.0 Å². The minimum Gasteiger partial charge on any atom is -0.497 e. The van der Waals surface area contributed by atoms with E-state index in [4.69, 9.17) is 9.47 Å². The molecule has 6 nitrogen and oxygen atoms in total. The fourth-order valence-electron chi connectivity index (χ4n) is 1.47. The number of amidine groups is 1. The molecule has 0 atom stereocenters. The van der Waals surface area contributed by atoms with Crippen LogP contribution in [0.25, 0.3) is 0 Å². The number of carbonyl (C=O) groups is 1. The van der Waals surface area contributed by atoms with E-state index in [1.165, 1.54) is 0 Å². The molecule has 1 aromatic rings. The van der Waals surface area contributed by atoms with Gasteiger partial charge in [0, 0.05) is 11.6 Å². The van der Waals surface area contributed by atoms with Crippen molar-refractivity contribution in [1.29, 1.82) is 0 Å². The van der Waals surface area contributed by atoms with Crippen LogP contribution in [0.5, 0.6) is 11.5 Å². The zero-order valence-electron chi connectivity index (χ0n) is 9.61. The monoisotopic (exact) mass is 235 g/mol. The smallest absolute Gasteiger partial charge is 0.260 e. The average molecular weight is 235 g/mol. The molecular weight excluding hydrogens is 222 g/mol. The molecule has 1 aliphatic rings. The number of benzene rings is 1. The van der Waals surface area contributed by atoms with E-state index < -0.39 is 0 Å². The van der Waals surface area contributed by atoms with Crippen molar-refractivity contribution in [2.45, 2.75) is 0 Å². The maximum Gasteiger partial charge on any atom is 0.260 e. The summed E-state index contributed by atoms with van der Waals surface area (Å²) in [6, 6.07) is 5.39. The van der Waals surface area contributed by atoms with Gasteiger partial charge in [0.1, 0.15) is 23.9 Å². The van der Waals surface area contributed by atoms with Crippen molar-refractivity contribution in [3.8, 4) is 11.5 Å². The van der Waals surface area contributed by atoms with Crippen LogP contribution in [0, 0.1) is 0 Å². The Balaban J connectivity index is 2.34. The van der Waals surface area contributed by atoms with E-state index in [-0.39, 0.29) is 12.5 Å². The lowest BCUT2D eigenvalue weighted by Crippen LogP contribution is -2.47. The van der Waals surface area contributed by atoms with Crippen LogP contribution in [0.3, 0.4) is 0 Å². The van der Waals surface area contributed by atoms with Crippen LogP contribution in [-0.4, -0.2) is 32.5 Å². The number of nitrogens with zero attached hydrogens (tertiary/aromatic N) is 1. The van der Waals surface area contributed by atoms with Crippen molar-refractivity contribution in [1.82, 2.24) is 10.9 Å². The van der Waals surface area contributed by atoms with Gasteiger partial charge in [-0.15, -0.1) is 0 Å². The van der Waals surface area contributed by atoms with E-state index in [9.17, 15) is 4.79 Å². The van der Waals surface area contributed by atoms with Crippen molar-refractivity contribution in [3.63, 3.8) is 0 Å². The highest BCUT2D eigenvalue weighted by atomic mass is 16.5. The number of aliphatic imine (C=N–C) groups is 1. The normalized spacial score (nSPS) is 14.5. The quantitative estimate of drug-likeness (QED) is 0.778. The lowest BCUT2D eigenvalue weighted by Gasteiger charge is -2.16. The molecular formula is C11H13N3O3. The molecule has 2 N–H and O–H groups in total. The molecule has 1 heterocycles. The number of carbonyl (C=O) groups excluding carboxylic acids is 1. The van der Waals surface area contributed by atoms with E-state index in [1.54, 1.807) is 20.3 Å². The standard InChI is InChI=1S/C11H13N3O3/c1-16-8-3-7(4-9(5-8)17-2)11-12-6-10(15)13-14-11/h3-5H,6H2,1-2H3,(H,12,14)(H,13,15). The number of rotatable bonds is 3. The van der Waals surface area contributed by atoms with Gasteiger partial charge in [0.05, 0.1) is 14.2 Å². The Morgan fingerprint density at radius 1 is 1.12 bits per heavy atom. The van der Waals surface area contributed by atoms with Crippen LogP contribution in [0.1, 0.15) is 5.56 Å². The Morgan fingerprint density at radius 2 is 1.76 bits per heavy atom. The Morgan fingerprint density at radius 3 is 2.24 bits per heavy atom. The van der Waals surface area contributed by atoms with Gasteiger partial charge in [-0.2, -0.15) is 0 Å². The lowest BCUT2D eigenvalue weighted by molar-refractivity contribution is -0.120. The molecule has 1 aromatic carbocycles. The summed E-state index contributed by atoms with van der Waals surface area (Å²) in [4.78, 5) is 15.1. The predicted octanol–water partition coefficient (Wildman–Crippen LogP) is 0.0848. The highest BCUT2D eigenvalue weighted by Gasteiger charge is 2.13. The van der Waals surface area contributed by atoms with Crippen LogP contribution < -0.4 is 20.3 Å². The van der Waals surface area contributed by atoms with Crippen molar-refractivity contribution >= 4 is 11.7 Å². The number of hydrogen-bond acceptors (Lipinski definition) is 5. The van der Waals surface area contributed by atoms with Crippen molar-refractivity contribution in [3.05, 3.63) is 23.8 Å². The molecule has 1 amide bonds. The molecule has 0 aromatic heterocycles. The molecule has 0 aliphatic carbocycles. The summed E-state index contributed by atoms with van der Waals surface area (Å²) in [6.45, 7) is 0.113. The minimum absolute atomic E-state index is 0.113. The third kappa shape index (κ3) is 2.47. The number of methoxy groups -OCH3 is 2. The Bertz CT molecular complexity index is 449. The lowest BCUT2D eigenvalue weighted by atomic mass is 10.2. The summed E-state index contributed by atoms with van der Waals surface area (Å²) >= 11 is 0. The molecule has 6 heteroatoms. The van der Waals surface area contributed by atoms with Crippen LogP contribution in [0.15, 0.2) is 23.2 Å². The highest BCUT2D eigenvalue weighted by Crippen LogP contribution is 2.22. The highest BCUT2D eigenvalue weighted by molar-refractivity contribution is 6.03. The van der Waals surface area contributed by atoms with Gasteiger partial charge in [0.2, 0.25) is 0 Å². The molecule has 0 fully saturated rings. The van der Waals surface area contributed by atoms with Gasteiger partial charge >= 0.3 is 0 Å². The fourth-order valence-corrected chi connectivity index (χ4v) is 1.47. The summed E-state index contributed by atoms with van der Waals surface area (Å²) in [5, 5.41) is 0. The molecule has 0 bridgehead atoms. The molecule has 0 saturated heterocycles. The summed E-state index contributed by atoms with van der Waals surface area (Å²) in [5.41, 5.74) is 6.02. The summed E-state index contributed by atoms with van der Waals surface area (Å²) in [5.74, 6) is 1.76. The number of hydrazine groups is 1. The van der Waals surface area contributed by atoms with E-state index >= 15 is 0 Å². The van der Waals surface area contributed by atoms with Crippen molar-refractivity contribution in [2.75, 3.05) is 20.8 Å². The van der Waals surface area contributed by atoms with E-state index in [0.717, 1.165) is 5.56 Å². The minimum atomic E-state index is -0.163. The zero-order chi connectivity index (χ0) is 12.3. The van der Waals surface area contributed by atoms with Crippen LogP contribution >= 0.6 is 0 Å². The van der Waals surface area contributed by atoms with Gasteiger partial charge in [0.15, 0.2) is 0 Å². The zero-order valence-corrected chi connectivity index (χ0v) is 9.61. The molecule has 2 rings (SSSR count). The van der Waals surface area contributed by atoms with E-state index in [2.05, 4.69) is 15.8 Å². The number of hydrogen-bond donors (Lipinski definition) is 2. The first-order chi connectivity index (χ1) is 8.22. The predicted molar refractivity (Wildman–Crippen MR) is 62.2 cm³/mol. The SMILES string of the molecule is COc1cc(OC)cc(C2=NCC(=O)NN2)c1. The second-order valence-electron chi connectivity index (χ2n) is 3.44. The second-order valence-corrected chi connectivity index (χ2v) is 3.44. The number of nitrogens with one attached hydrogen (secondary N) is 2. The second kappa shape index (κ2) is 4.73. The van der Waals surface area contributed by atoms with Gasteiger partial charge in [-0.25, -0.2) is 0 Å². The Hall–Kier alpha value is -2.24. The first kappa shape index (κ1) is 11.3. The first-order valence-electron chi connectivity index (χ1n) is 5.05. The molecule has 90 valence electrons. The molecule has 1 aliphatic heterocycles. The molecule has 17 heavy (non-hydrogen) atoms. The number of ether oxygens (including phenoxy) is 2. The van der Waals surface area contributed by atoms with E-state index in [1.807, 2.05) is 12.1 Å². The van der Waals surface area contributed by atoms with Gasteiger partial charge in [0.25, 0.3) is 5.91 Å². The van der Waals surface area contributed by atoms with Gasteiger partial charge in [-0.3, -0.25) is 20.6 Å². The van der Waals surface area contributed by atoms with Crippen molar-refractivity contribution < 1.29 is 14.3 Å².